The van der Waals surface area contributed by atoms with Crippen LogP contribution in [0.5, 0.6) is 0 Å². The number of nitriles is 1. The SMILES string of the molecule is CO/C(C)=C\C(C#N)(O[Si](C)(C)C)C(F)(F)F. The molecule has 0 bridgehead atoms. The van der Waals surface area contributed by atoms with Crippen LogP contribution in [0.4, 0.5) is 13.2 Å². The van der Waals surface area contributed by atoms with Crippen LogP contribution in [-0.2, 0) is 9.16 Å². The van der Waals surface area contributed by atoms with Crippen LogP contribution in [0.15, 0.2) is 11.8 Å². The van der Waals surface area contributed by atoms with E-state index in [1.165, 1.54) is 20.1 Å². The largest absolute Gasteiger partial charge is 0.502 e. The number of alkyl halides is 3. The van der Waals surface area contributed by atoms with Gasteiger partial charge >= 0.3 is 6.18 Å². The topological polar surface area (TPSA) is 42.2 Å². The van der Waals surface area contributed by atoms with Gasteiger partial charge in [0.15, 0.2) is 8.32 Å². The molecule has 0 rings (SSSR count). The molecule has 0 aliphatic carbocycles. The van der Waals surface area contributed by atoms with Gasteiger partial charge in [-0.15, -0.1) is 0 Å². The molecule has 0 amide bonds. The van der Waals surface area contributed by atoms with Gasteiger partial charge in [0.25, 0.3) is 5.60 Å². The van der Waals surface area contributed by atoms with Gasteiger partial charge in [0, 0.05) is 6.08 Å². The van der Waals surface area contributed by atoms with Gasteiger partial charge in [0.1, 0.15) is 6.07 Å². The van der Waals surface area contributed by atoms with Crippen LogP contribution in [0, 0.1) is 11.3 Å². The molecule has 98 valence electrons. The first-order chi connectivity index (χ1) is 7.47. The molecule has 3 nitrogen and oxygen atoms in total. The lowest BCUT2D eigenvalue weighted by molar-refractivity contribution is -0.211. The summed E-state index contributed by atoms with van der Waals surface area (Å²) in [7, 11) is -1.31. The number of nitrogens with zero attached hydrogens (tertiary/aromatic N) is 1. The normalized spacial score (nSPS) is 17.2. The van der Waals surface area contributed by atoms with Crippen LogP contribution in [0.2, 0.25) is 19.6 Å². The first-order valence-corrected chi connectivity index (χ1v) is 8.30. The van der Waals surface area contributed by atoms with E-state index in [2.05, 4.69) is 4.74 Å². The van der Waals surface area contributed by atoms with Crippen molar-refractivity contribution in [1.29, 1.82) is 5.26 Å². The van der Waals surface area contributed by atoms with Gasteiger partial charge in [0.05, 0.1) is 12.9 Å². The molecule has 0 aliphatic rings. The minimum Gasteiger partial charge on any atom is -0.502 e. The molecule has 7 heteroatoms. The highest BCUT2D eigenvalue weighted by Gasteiger charge is 2.57. The molecule has 0 aromatic heterocycles. The van der Waals surface area contributed by atoms with Crippen molar-refractivity contribution in [3.63, 3.8) is 0 Å². The third-order valence-corrected chi connectivity index (χ3v) is 2.72. The highest BCUT2D eigenvalue weighted by molar-refractivity contribution is 6.69. The van der Waals surface area contributed by atoms with E-state index in [4.69, 9.17) is 9.69 Å². The van der Waals surface area contributed by atoms with E-state index < -0.39 is 20.1 Å². The number of rotatable bonds is 4. The summed E-state index contributed by atoms with van der Waals surface area (Å²) in [6, 6.07) is 1.21. The molecular formula is C10H16F3NO2Si. The summed E-state index contributed by atoms with van der Waals surface area (Å²) in [5.74, 6) is -0.0119. The van der Waals surface area contributed by atoms with Gasteiger partial charge in [-0.2, -0.15) is 18.4 Å². The van der Waals surface area contributed by atoms with Crippen molar-refractivity contribution < 1.29 is 22.3 Å². The molecule has 0 N–H and O–H groups in total. The zero-order chi connectivity index (χ0) is 13.9. The lowest BCUT2D eigenvalue weighted by Crippen LogP contribution is -2.51. The second kappa shape index (κ2) is 5.10. The van der Waals surface area contributed by atoms with Crippen LogP contribution >= 0.6 is 0 Å². The smallest absolute Gasteiger partial charge is 0.434 e. The standard InChI is InChI=1S/C10H16F3NO2Si/c1-8(15-2)6-9(7-14,10(11,12)13)16-17(3,4)5/h6H,1-5H3/b8-6-. The molecule has 0 radical (unpaired) electrons. The molecule has 0 aliphatic heterocycles. The molecular weight excluding hydrogens is 251 g/mol. The van der Waals surface area contributed by atoms with Crippen molar-refractivity contribution in [1.82, 2.24) is 0 Å². The maximum atomic E-state index is 13.0. The van der Waals surface area contributed by atoms with E-state index in [1.54, 1.807) is 19.6 Å². The summed E-state index contributed by atoms with van der Waals surface area (Å²) in [5, 5.41) is 8.85. The number of hydrogen-bond acceptors (Lipinski definition) is 3. The Kier molecular flexibility index (Phi) is 4.80. The fraction of sp³-hybridized carbons (Fsp3) is 0.700. The molecule has 0 aromatic rings. The van der Waals surface area contributed by atoms with E-state index in [9.17, 15) is 13.2 Å². The minimum absolute atomic E-state index is 0.0119. The van der Waals surface area contributed by atoms with E-state index in [0.29, 0.717) is 6.08 Å². The Morgan fingerprint density at radius 2 is 1.76 bits per heavy atom. The summed E-state index contributed by atoms with van der Waals surface area (Å²) in [6.45, 7) is 6.09. The first kappa shape index (κ1) is 16.0. The van der Waals surface area contributed by atoms with Gasteiger partial charge in [-0.1, -0.05) is 0 Å². The van der Waals surface area contributed by atoms with Gasteiger partial charge in [-0.25, -0.2) is 0 Å². The Morgan fingerprint density at radius 1 is 1.29 bits per heavy atom. The molecule has 1 atom stereocenters. The van der Waals surface area contributed by atoms with Gasteiger partial charge in [-0.05, 0) is 26.6 Å². The van der Waals surface area contributed by atoms with E-state index in [-0.39, 0.29) is 5.76 Å². The minimum atomic E-state index is -4.80. The highest BCUT2D eigenvalue weighted by atomic mass is 28.4. The van der Waals surface area contributed by atoms with Crippen LogP contribution in [-0.4, -0.2) is 27.2 Å². The lowest BCUT2D eigenvalue weighted by atomic mass is 10.1. The van der Waals surface area contributed by atoms with Gasteiger partial charge in [-0.3, -0.25) is 0 Å². The lowest BCUT2D eigenvalue weighted by Gasteiger charge is -2.33. The van der Waals surface area contributed by atoms with E-state index >= 15 is 0 Å². The molecule has 0 saturated carbocycles. The molecule has 1 unspecified atom stereocenters. The number of allylic oxidation sites excluding steroid dienone is 1. The number of halogens is 3. The van der Waals surface area contributed by atoms with Crippen LogP contribution in [0.25, 0.3) is 0 Å². The van der Waals surface area contributed by atoms with Crippen LogP contribution in [0.1, 0.15) is 6.92 Å². The van der Waals surface area contributed by atoms with Gasteiger partial charge in [0.2, 0.25) is 0 Å². The molecule has 0 spiro atoms. The maximum absolute atomic E-state index is 13.0. The van der Waals surface area contributed by atoms with Crippen molar-refractivity contribution in [2.45, 2.75) is 38.3 Å². The Balaban J connectivity index is 5.59. The van der Waals surface area contributed by atoms with Crippen molar-refractivity contribution in [3.8, 4) is 6.07 Å². The predicted octanol–water partition coefficient (Wildman–Crippen LogP) is 3.21. The van der Waals surface area contributed by atoms with Crippen molar-refractivity contribution in [3.05, 3.63) is 11.8 Å². The van der Waals surface area contributed by atoms with Gasteiger partial charge < -0.3 is 9.16 Å². The second-order valence-electron chi connectivity index (χ2n) is 4.52. The average molecular weight is 267 g/mol. The molecule has 0 heterocycles. The van der Waals surface area contributed by atoms with Crippen LogP contribution in [0.3, 0.4) is 0 Å². The third kappa shape index (κ3) is 4.40. The zero-order valence-corrected chi connectivity index (χ0v) is 11.5. The summed E-state index contributed by atoms with van der Waals surface area (Å²) in [4.78, 5) is 0. The van der Waals surface area contributed by atoms with Crippen molar-refractivity contribution in [2.24, 2.45) is 0 Å². The summed E-state index contributed by atoms with van der Waals surface area (Å²) in [5.41, 5.74) is -2.93. The first-order valence-electron chi connectivity index (χ1n) is 4.89. The Hall–Kier alpha value is -1.00. The molecule has 17 heavy (non-hydrogen) atoms. The van der Waals surface area contributed by atoms with E-state index in [0.717, 1.165) is 0 Å². The quantitative estimate of drug-likeness (QED) is 0.580. The number of ether oxygens (including phenoxy) is 1. The highest BCUT2D eigenvalue weighted by Crippen LogP contribution is 2.37. The predicted molar refractivity (Wildman–Crippen MR) is 59.6 cm³/mol. The third-order valence-electron chi connectivity index (χ3n) is 1.78. The van der Waals surface area contributed by atoms with E-state index in [1.807, 2.05) is 0 Å². The Morgan fingerprint density at radius 3 is 2.00 bits per heavy atom. The average Bonchev–Trinajstić information content (AvgIpc) is 2.12. The maximum Gasteiger partial charge on any atom is 0.434 e. The van der Waals surface area contributed by atoms with Crippen LogP contribution < -0.4 is 0 Å². The zero-order valence-electron chi connectivity index (χ0n) is 10.5. The van der Waals surface area contributed by atoms with Crippen molar-refractivity contribution >= 4 is 8.32 Å². The number of methoxy groups -OCH3 is 1. The summed E-state index contributed by atoms with van der Waals surface area (Å²) >= 11 is 0. The monoisotopic (exact) mass is 267 g/mol. The molecule has 0 aromatic carbocycles. The Labute approximate surface area is 100.0 Å². The van der Waals surface area contributed by atoms with Crippen molar-refractivity contribution in [2.75, 3.05) is 7.11 Å². The fourth-order valence-corrected chi connectivity index (χ4v) is 2.30. The second-order valence-corrected chi connectivity index (χ2v) is 8.95. The summed E-state index contributed by atoms with van der Waals surface area (Å²) in [6.07, 6.45) is -4.13. The summed E-state index contributed by atoms with van der Waals surface area (Å²) < 4.78 is 48.6. The molecule has 0 saturated heterocycles. The number of hydrogen-bond donors (Lipinski definition) is 0. The molecule has 0 fully saturated rings. The Bertz CT molecular complexity index is 341. The fourth-order valence-electron chi connectivity index (χ4n) is 1.12.